The Hall–Kier alpha value is -0.900. The maximum atomic E-state index is 6.05. The zero-order valence-electron chi connectivity index (χ0n) is 15.3. The lowest BCUT2D eigenvalue weighted by Gasteiger charge is -2.10. The van der Waals surface area contributed by atoms with Crippen molar-refractivity contribution in [1.29, 1.82) is 0 Å². The van der Waals surface area contributed by atoms with E-state index >= 15 is 0 Å². The maximum Gasteiger partial charge on any atom is 0.101 e. The fraction of sp³-hybridized carbons (Fsp3) is 0.895. The topological polar surface area (TPSA) is 56.7 Å². The van der Waals surface area contributed by atoms with Gasteiger partial charge in [-0.2, -0.15) is 0 Å². The molecule has 1 aromatic heterocycles. The summed E-state index contributed by atoms with van der Waals surface area (Å²) in [7, 11) is 0. The summed E-state index contributed by atoms with van der Waals surface area (Å²) in [4.78, 5) is 0. The first-order chi connectivity index (χ1) is 11.3. The van der Waals surface area contributed by atoms with E-state index in [4.69, 9.17) is 5.73 Å². The minimum Gasteiger partial charge on any atom is -0.310 e. The highest BCUT2D eigenvalue weighted by Crippen LogP contribution is 2.14. The Bertz CT molecular complexity index is 337. The number of nitrogens with two attached hydrogens (primary N) is 1. The molecule has 23 heavy (non-hydrogen) atoms. The van der Waals surface area contributed by atoms with Crippen LogP contribution in [0.3, 0.4) is 0 Å². The average molecular weight is 323 g/mol. The highest BCUT2D eigenvalue weighted by molar-refractivity contribution is 4.68. The van der Waals surface area contributed by atoms with Gasteiger partial charge in [-0.3, -0.25) is 0 Å². The fourth-order valence-electron chi connectivity index (χ4n) is 3.07. The molecule has 2 N–H and O–H groups in total. The Labute approximate surface area is 143 Å². The van der Waals surface area contributed by atoms with Crippen LogP contribution in [0.5, 0.6) is 0 Å². The number of aromatic nitrogens is 3. The number of nitrogens with zero attached hydrogens (tertiary/aromatic N) is 3. The van der Waals surface area contributed by atoms with E-state index in [9.17, 15) is 0 Å². The van der Waals surface area contributed by atoms with Gasteiger partial charge >= 0.3 is 0 Å². The maximum absolute atomic E-state index is 6.05. The number of hydrogen-bond acceptors (Lipinski definition) is 3. The van der Waals surface area contributed by atoms with E-state index in [2.05, 4.69) is 17.2 Å². The monoisotopic (exact) mass is 322 g/mol. The van der Waals surface area contributed by atoms with E-state index in [0.29, 0.717) is 0 Å². The molecule has 0 saturated carbocycles. The van der Waals surface area contributed by atoms with Crippen molar-refractivity contribution in [2.75, 3.05) is 0 Å². The van der Waals surface area contributed by atoms with Gasteiger partial charge in [0.25, 0.3) is 0 Å². The molecule has 4 nitrogen and oxygen atoms in total. The van der Waals surface area contributed by atoms with Crippen LogP contribution in [0.2, 0.25) is 0 Å². The number of hydrogen-bond donors (Lipinski definition) is 1. The van der Waals surface area contributed by atoms with E-state index in [1.807, 2.05) is 6.20 Å². The normalized spacial score (nSPS) is 12.6. The van der Waals surface area contributed by atoms with Gasteiger partial charge in [0.15, 0.2) is 0 Å². The van der Waals surface area contributed by atoms with Crippen LogP contribution < -0.4 is 5.73 Å². The molecule has 1 rings (SSSR count). The highest BCUT2D eigenvalue weighted by Gasteiger charge is 2.04. The molecule has 0 aliphatic carbocycles. The third kappa shape index (κ3) is 11.3. The Morgan fingerprint density at radius 1 is 0.783 bits per heavy atom. The van der Waals surface area contributed by atoms with Crippen molar-refractivity contribution < 1.29 is 0 Å². The zero-order chi connectivity index (χ0) is 16.6. The number of rotatable bonds is 16. The number of unbranched alkanes of at least 4 members (excludes halogenated alkanes) is 13. The van der Waals surface area contributed by atoms with Crippen molar-refractivity contribution >= 4 is 0 Å². The summed E-state index contributed by atoms with van der Waals surface area (Å²) in [5.74, 6) is 0. The van der Waals surface area contributed by atoms with Crippen molar-refractivity contribution in [2.45, 2.75) is 109 Å². The molecule has 1 heterocycles. The van der Waals surface area contributed by atoms with Crippen molar-refractivity contribution in [2.24, 2.45) is 5.73 Å². The summed E-state index contributed by atoms with van der Waals surface area (Å²) in [5.41, 5.74) is 6.05. The molecule has 1 aromatic rings. The third-order valence-corrected chi connectivity index (χ3v) is 4.63. The SMILES string of the molecule is CCCCCCCCCCCCCCCCC(N)n1ccnn1. The molecule has 0 saturated heterocycles. The summed E-state index contributed by atoms with van der Waals surface area (Å²) >= 11 is 0. The van der Waals surface area contributed by atoms with Crippen LogP contribution in [0.1, 0.15) is 109 Å². The van der Waals surface area contributed by atoms with Gasteiger partial charge < -0.3 is 5.73 Å². The van der Waals surface area contributed by atoms with Crippen LogP contribution in [0.4, 0.5) is 0 Å². The van der Waals surface area contributed by atoms with Crippen molar-refractivity contribution in [3.8, 4) is 0 Å². The molecule has 1 unspecified atom stereocenters. The van der Waals surface area contributed by atoms with Crippen LogP contribution in [0.15, 0.2) is 12.4 Å². The fourth-order valence-corrected chi connectivity index (χ4v) is 3.07. The van der Waals surface area contributed by atoms with E-state index in [1.54, 1.807) is 10.9 Å². The summed E-state index contributed by atoms with van der Waals surface area (Å²) in [6.07, 6.45) is 24.0. The van der Waals surface area contributed by atoms with Crippen LogP contribution in [-0.4, -0.2) is 15.0 Å². The standard InChI is InChI=1S/C19H38N4/c1-2-3-4-5-6-7-8-9-10-11-12-13-14-15-16-19(20)23-18-17-21-22-23/h17-19H,2-16,20H2,1H3. The average Bonchev–Trinajstić information content (AvgIpc) is 3.09. The van der Waals surface area contributed by atoms with Gasteiger partial charge in [0.05, 0.1) is 6.20 Å². The van der Waals surface area contributed by atoms with E-state index in [-0.39, 0.29) is 6.17 Å². The van der Waals surface area contributed by atoms with E-state index in [0.717, 1.165) is 6.42 Å². The van der Waals surface area contributed by atoms with Gasteiger partial charge in [0.2, 0.25) is 0 Å². The van der Waals surface area contributed by atoms with Gasteiger partial charge in [-0.15, -0.1) is 5.10 Å². The second-order valence-electron chi connectivity index (χ2n) is 6.84. The summed E-state index contributed by atoms with van der Waals surface area (Å²) in [5, 5.41) is 7.74. The molecule has 0 amide bonds. The van der Waals surface area contributed by atoms with Gasteiger partial charge in [-0.05, 0) is 12.8 Å². The molecule has 134 valence electrons. The van der Waals surface area contributed by atoms with E-state index in [1.165, 1.54) is 89.9 Å². The zero-order valence-corrected chi connectivity index (χ0v) is 15.3. The lowest BCUT2D eigenvalue weighted by Crippen LogP contribution is -2.19. The first-order valence-corrected chi connectivity index (χ1v) is 9.96. The minimum atomic E-state index is -0.00479. The predicted octanol–water partition coefficient (Wildman–Crippen LogP) is 5.61. The molecule has 0 radical (unpaired) electrons. The van der Waals surface area contributed by atoms with Crippen LogP contribution in [0, 0.1) is 0 Å². The lowest BCUT2D eigenvalue weighted by atomic mass is 10.0. The Morgan fingerprint density at radius 2 is 1.26 bits per heavy atom. The predicted molar refractivity (Wildman–Crippen MR) is 98.2 cm³/mol. The highest BCUT2D eigenvalue weighted by atomic mass is 15.4. The molecule has 0 bridgehead atoms. The van der Waals surface area contributed by atoms with Crippen molar-refractivity contribution in [3.63, 3.8) is 0 Å². The van der Waals surface area contributed by atoms with E-state index < -0.39 is 0 Å². The summed E-state index contributed by atoms with van der Waals surface area (Å²) in [6, 6.07) is 0. The van der Waals surface area contributed by atoms with Crippen molar-refractivity contribution in [1.82, 2.24) is 15.0 Å². The van der Waals surface area contributed by atoms with Gasteiger partial charge in [-0.25, -0.2) is 4.68 Å². The molecule has 0 aliphatic rings. The molecule has 0 fully saturated rings. The van der Waals surface area contributed by atoms with Crippen LogP contribution in [-0.2, 0) is 0 Å². The first-order valence-electron chi connectivity index (χ1n) is 9.96. The molecule has 0 aliphatic heterocycles. The van der Waals surface area contributed by atoms with Crippen LogP contribution in [0.25, 0.3) is 0 Å². The molecule has 4 heteroatoms. The summed E-state index contributed by atoms with van der Waals surface area (Å²) in [6.45, 7) is 2.28. The minimum absolute atomic E-state index is 0.00479. The second kappa shape index (κ2) is 14.7. The van der Waals surface area contributed by atoms with Crippen molar-refractivity contribution in [3.05, 3.63) is 12.4 Å². The smallest absolute Gasteiger partial charge is 0.101 e. The van der Waals surface area contributed by atoms with Gasteiger partial charge in [-0.1, -0.05) is 95.6 Å². The molecular formula is C19H38N4. The summed E-state index contributed by atoms with van der Waals surface area (Å²) < 4.78 is 1.75. The van der Waals surface area contributed by atoms with Crippen LogP contribution >= 0.6 is 0 Å². The Kier molecular flexibility index (Phi) is 12.9. The quantitative estimate of drug-likeness (QED) is 0.403. The lowest BCUT2D eigenvalue weighted by molar-refractivity contribution is 0.406. The molecular weight excluding hydrogens is 284 g/mol. The third-order valence-electron chi connectivity index (χ3n) is 4.63. The first kappa shape index (κ1) is 20.1. The molecule has 0 aromatic carbocycles. The largest absolute Gasteiger partial charge is 0.310 e. The Balaban J connectivity index is 1.75. The molecule has 0 spiro atoms. The second-order valence-corrected chi connectivity index (χ2v) is 6.84. The van der Waals surface area contributed by atoms with Gasteiger partial charge in [0, 0.05) is 6.20 Å². The Morgan fingerprint density at radius 3 is 1.70 bits per heavy atom. The molecule has 1 atom stereocenters. The van der Waals surface area contributed by atoms with Gasteiger partial charge in [0.1, 0.15) is 6.17 Å².